The molecule has 0 bridgehead atoms. The van der Waals surface area contributed by atoms with Gasteiger partial charge in [-0.05, 0) is 36.6 Å². The number of amides is 1. The van der Waals surface area contributed by atoms with Gasteiger partial charge in [0.1, 0.15) is 18.1 Å². The number of aliphatic carboxylic acids is 1. The summed E-state index contributed by atoms with van der Waals surface area (Å²) in [6.07, 6.45) is 3.49. The van der Waals surface area contributed by atoms with Crippen LogP contribution in [-0.2, 0) is 4.79 Å². The zero-order chi connectivity index (χ0) is 18.7. The van der Waals surface area contributed by atoms with Crippen LogP contribution in [-0.4, -0.2) is 53.0 Å². The second-order valence-electron chi connectivity index (χ2n) is 6.44. The molecule has 1 aliphatic rings. The summed E-state index contributed by atoms with van der Waals surface area (Å²) in [5.41, 5.74) is 1.37. The molecule has 26 heavy (non-hydrogen) atoms. The van der Waals surface area contributed by atoms with E-state index in [0.717, 1.165) is 0 Å². The van der Waals surface area contributed by atoms with Crippen molar-refractivity contribution in [3.05, 3.63) is 59.3 Å². The second kappa shape index (κ2) is 7.70. The van der Waals surface area contributed by atoms with Crippen LogP contribution in [0.4, 0.5) is 4.39 Å². The SMILES string of the molecule is Cc1ccc(C(C(=O)O)N2CCCN(C(=O)c3ccoc3)CC2)cc1F. The standard InChI is InChI=1S/C19H21FN2O4/c1-13-3-4-14(11-16(13)20)17(19(24)25)21-6-2-7-22(9-8-21)18(23)15-5-10-26-12-15/h3-5,10-12,17H,2,6-9H2,1H3,(H,24,25). The number of carbonyl (C=O) groups is 2. The first kappa shape index (κ1) is 18.1. The minimum Gasteiger partial charge on any atom is -0.480 e. The van der Waals surface area contributed by atoms with Crippen LogP contribution in [0.2, 0.25) is 0 Å². The molecule has 1 fully saturated rings. The Labute approximate surface area is 150 Å². The molecule has 1 unspecified atom stereocenters. The first-order chi connectivity index (χ1) is 12.5. The van der Waals surface area contributed by atoms with E-state index in [4.69, 9.17) is 4.42 Å². The summed E-state index contributed by atoms with van der Waals surface area (Å²) in [4.78, 5) is 27.8. The van der Waals surface area contributed by atoms with E-state index in [2.05, 4.69) is 0 Å². The van der Waals surface area contributed by atoms with E-state index in [1.54, 1.807) is 34.9 Å². The number of furan rings is 1. The van der Waals surface area contributed by atoms with Crippen LogP contribution >= 0.6 is 0 Å². The fourth-order valence-corrected chi connectivity index (χ4v) is 3.26. The highest BCUT2D eigenvalue weighted by Gasteiger charge is 2.30. The third kappa shape index (κ3) is 3.77. The van der Waals surface area contributed by atoms with Gasteiger partial charge in [0.25, 0.3) is 5.91 Å². The smallest absolute Gasteiger partial charge is 0.325 e. The Hall–Kier alpha value is -2.67. The highest BCUT2D eigenvalue weighted by atomic mass is 19.1. The molecule has 1 aliphatic heterocycles. The van der Waals surface area contributed by atoms with Crippen LogP contribution in [0.15, 0.2) is 41.2 Å². The number of aryl methyl sites for hydroxylation is 1. The van der Waals surface area contributed by atoms with E-state index >= 15 is 0 Å². The first-order valence-electron chi connectivity index (χ1n) is 8.52. The quantitative estimate of drug-likeness (QED) is 0.907. The Bertz CT molecular complexity index is 791. The highest BCUT2D eigenvalue weighted by Crippen LogP contribution is 2.25. The maximum Gasteiger partial charge on any atom is 0.325 e. The Morgan fingerprint density at radius 1 is 1.19 bits per heavy atom. The maximum atomic E-state index is 13.9. The third-order valence-electron chi connectivity index (χ3n) is 4.70. The molecular formula is C19H21FN2O4. The Morgan fingerprint density at radius 3 is 2.65 bits per heavy atom. The summed E-state index contributed by atoms with van der Waals surface area (Å²) in [7, 11) is 0. The van der Waals surface area contributed by atoms with E-state index in [1.165, 1.54) is 18.6 Å². The topological polar surface area (TPSA) is 74.0 Å². The molecular weight excluding hydrogens is 339 g/mol. The van der Waals surface area contributed by atoms with Crippen molar-refractivity contribution >= 4 is 11.9 Å². The summed E-state index contributed by atoms with van der Waals surface area (Å²) in [6.45, 7) is 3.50. The number of benzene rings is 1. The monoisotopic (exact) mass is 360 g/mol. The molecule has 1 atom stereocenters. The fourth-order valence-electron chi connectivity index (χ4n) is 3.26. The van der Waals surface area contributed by atoms with E-state index in [9.17, 15) is 19.1 Å². The van der Waals surface area contributed by atoms with Crippen LogP contribution in [0.3, 0.4) is 0 Å². The Kier molecular flexibility index (Phi) is 5.37. The van der Waals surface area contributed by atoms with Gasteiger partial charge in [0, 0.05) is 26.2 Å². The average Bonchev–Trinajstić information content (AvgIpc) is 3.04. The van der Waals surface area contributed by atoms with Crippen molar-refractivity contribution in [2.45, 2.75) is 19.4 Å². The number of carbonyl (C=O) groups excluding carboxylic acids is 1. The molecule has 1 saturated heterocycles. The summed E-state index contributed by atoms with van der Waals surface area (Å²) in [5, 5.41) is 9.70. The molecule has 2 heterocycles. The highest BCUT2D eigenvalue weighted by molar-refractivity contribution is 5.93. The Morgan fingerprint density at radius 2 is 2.00 bits per heavy atom. The van der Waals surface area contributed by atoms with Gasteiger partial charge in [-0.1, -0.05) is 12.1 Å². The normalized spacial score (nSPS) is 16.9. The van der Waals surface area contributed by atoms with Gasteiger partial charge < -0.3 is 14.4 Å². The van der Waals surface area contributed by atoms with Crippen LogP contribution in [0.5, 0.6) is 0 Å². The van der Waals surface area contributed by atoms with Gasteiger partial charge in [-0.15, -0.1) is 0 Å². The zero-order valence-corrected chi connectivity index (χ0v) is 14.5. The van der Waals surface area contributed by atoms with Crippen molar-refractivity contribution in [3.8, 4) is 0 Å². The number of carboxylic acid groups (broad SMARTS) is 1. The van der Waals surface area contributed by atoms with Crippen molar-refractivity contribution < 1.29 is 23.5 Å². The lowest BCUT2D eigenvalue weighted by atomic mass is 10.0. The molecule has 1 aromatic carbocycles. The van der Waals surface area contributed by atoms with Gasteiger partial charge in [-0.3, -0.25) is 14.5 Å². The minimum atomic E-state index is -1.03. The number of hydrogen-bond acceptors (Lipinski definition) is 4. The van der Waals surface area contributed by atoms with Crippen LogP contribution in [0.25, 0.3) is 0 Å². The van der Waals surface area contributed by atoms with Gasteiger partial charge in [0.2, 0.25) is 0 Å². The zero-order valence-electron chi connectivity index (χ0n) is 14.5. The molecule has 0 radical (unpaired) electrons. The van der Waals surface area contributed by atoms with E-state index in [0.29, 0.717) is 49.3 Å². The molecule has 0 aliphatic carbocycles. The predicted molar refractivity (Wildman–Crippen MR) is 92.3 cm³/mol. The van der Waals surface area contributed by atoms with Crippen molar-refractivity contribution in [3.63, 3.8) is 0 Å². The molecule has 138 valence electrons. The maximum absolute atomic E-state index is 13.9. The number of halogens is 1. The number of carboxylic acids is 1. The van der Waals surface area contributed by atoms with Crippen LogP contribution < -0.4 is 0 Å². The lowest BCUT2D eigenvalue weighted by Crippen LogP contribution is -2.38. The minimum absolute atomic E-state index is 0.131. The van der Waals surface area contributed by atoms with E-state index < -0.39 is 17.8 Å². The molecule has 3 rings (SSSR count). The average molecular weight is 360 g/mol. The summed E-state index contributed by atoms with van der Waals surface area (Å²) in [5.74, 6) is -1.57. The van der Waals surface area contributed by atoms with Gasteiger partial charge in [-0.2, -0.15) is 0 Å². The molecule has 1 amide bonds. The Balaban J connectivity index is 1.76. The summed E-state index contributed by atoms with van der Waals surface area (Å²) < 4.78 is 18.9. The second-order valence-corrected chi connectivity index (χ2v) is 6.44. The molecule has 7 heteroatoms. The number of rotatable bonds is 4. The van der Waals surface area contributed by atoms with Crippen LogP contribution in [0.1, 0.15) is 33.9 Å². The van der Waals surface area contributed by atoms with Gasteiger partial charge in [0.15, 0.2) is 0 Å². The van der Waals surface area contributed by atoms with E-state index in [-0.39, 0.29) is 5.91 Å². The molecule has 1 aromatic heterocycles. The van der Waals surface area contributed by atoms with E-state index in [1.807, 2.05) is 0 Å². The molecule has 0 spiro atoms. The van der Waals surface area contributed by atoms with Crippen molar-refractivity contribution in [1.82, 2.24) is 9.80 Å². The fraction of sp³-hybridized carbons (Fsp3) is 0.368. The van der Waals surface area contributed by atoms with Crippen molar-refractivity contribution in [2.24, 2.45) is 0 Å². The van der Waals surface area contributed by atoms with Crippen molar-refractivity contribution in [2.75, 3.05) is 26.2 Å². The number of hydrogen-bond donors (Lipinski definition) is 1. The lowest BCUT2D eigenvalue weighted by molar-refractivity contribution is -0.143. The molecule has 6 nitrogen and oxygen atoms in total. The van der Waals surface area contributed by atoms with Gasteiger partial charge in [0.05, 0.1) is 11.8 Å². The van der Waals surface area contributed by atoms with Crippen molar-refractivity contribution in [1.29, 1.82) is 0 Å². The largest absolute Gasteiger partial charge is 0.480 e. The molecule has 0 saturated carbocycles. The summed E-state index contributed by atoms with van der Waals surface area (Å²) in [6, 6.07) is 5.20. The molecule has 2 aromatic rings. The van der Waals surface area contributed by atoms with Gasteiger partial charge >= 0.3 is 5.97 Å². The first-order valence-corrected chi connectivity index (χ1v) is 8.52. The molecule has 1 N–H and O–H groups in total. The number of nitrogens with zero attached hydrogens (tertiary/aromatic N) is 2. The lowest BCUT2D eigenvalue weighted by Gasteiger charge is -2.28. The summed E-state index contributed by atoms with van der Waals surface area (Å²) >= 11 is 0. The predicted octanol–water partition coefficient (Wildman–Crippen LogP) is 2.70. The van der Waals surface area contributed by atoms with Crippen LogP contribution in [0, 0.1) is 12.7 Å². The third-order valence-corrected chi connectivity index (χ3v) is 4.70. The van der Waals surface area contributed by atoms with Gasteiger partial charge in [-0.25, -0.2) is 4.39 Å².